The SMILES string of the molecule is CC/C=C/B1OC(C)(C)C(C)(C)O1.NC/C=C/c1ccccc1Cn1c(=O)oc2cc(S(=O)(=O)Nc3ncns3)ccc21.O=c1oc2cc(S(=O)(=O)Nc3ncns3)ccc2n1Cc1ccccc1I. The van der Waals surface area contributed by atoms with Gasteiger partial charge in [0.05, 0.1) is 45.1 Å². The molecular weight excluding hydrogens is 1090 g/mol. The molecule has 25 heteroatoms. The van der Waals surface area contributed by atoms with Gasteiger partial charge in [-0.3, -0.25) is 18.6 Å². The first-order valence-electron chi connectivity index (χ1n) is 21.4. The first kappa shape index (κ1) is 52.0. The Balaban J connectivity index is 0.000000166. The number of allylic oxidation sites excluding steroid dienone is 1. The summed E-state index contributed by atoms with van der Waals surface area (Å²) in [5.41, 5.74) is 9.31. The van der Waals surface area contributed by atoms with Crippen molar-refractivity contribution >= 4 is 111 Å². The third-order valence-corrected chi connectivity index (χ3v) is 16.1. The number of halogens is 1. The number of sulfonamides is 2. The van der Waals surface area contributed by atoms with Crippen molar-refractivity contribution in [3.05, 3.63) is 157 Å². The lowest BCUT2D eigenvalue weighted by atomic mass is 9.90. The Bertz CT molecular complexity index is 3480. The molecule has 0 radical (unpaired) electrons. The van der Waals surface area contributed by atoms with Crippen LogP contribution in [0.15, 0.2) is 144 Å². The fraction of sp³-hybridized carbons (Fsp3) is 0.244. The van der Waals surface area contributed by atoms with Crippen molar-refractivity contribution in [3.8, 4) is 0 Å². The maximum absolute atomic E-state index is 12.6. The lowest BCUT2D eigenvalue weighted by Crippen LogP contribution is -2.41. The molecular formula is C45H47BIN9O10S4. The van der Waals surface area contributed by atoms with Gasteiger partial charge in [-0.05, 0) is 104 Å². The normalized spacial score (nSPS) is 14.5. The smallest absolute Gasteiger partial charge is 0.408 e. The molecule has 0 aliphatic carbocycles. The van der Waals surface area contributed by atoms with Crippen molar-refractivity contribution in [2.24, 2.45) is 5.73 Å². The number of hydrogen-bond acceptors (Lipinski definition) is 17. The molecule has 0 saturated carbocycles. The van der Waals surface area contributed by atoms with Crippen molar-refractivity contribution in [3.63, 3.8) is 0 Å². The van der Waals surface area contributed by atoms with E-state index in [9.17, 15) is 26.4 Å². The summed E-state index contributed by atoms with van der Waals surface area (Å²) >= 11 is 4.05. The lowest BCUT2D eigenvalue weighted by Gasteiger charge is -2.32. The number of benzene rings is 4. The molecule has 1 aliphatic heterocycles. The summed E-state index contributed by atoms with van der Waals surface area (Å²) in [7, 11) is -7.92. The number of anilines is 2. The van der Waals surface area contributed by atoms with Crippen LogP contribution < -0.4 is 26.7 Å². The van der Waals surface area contributed by atoms with Gasteiger partial charge in [0.1, 0.15) is 12.7 Å². The molecule has 70 heavy (non-hydrogen) atoms. The minimum absolute atomic E-state index is 0.0274. The molecule has 4 N–H and O–H groups in total. The quantitative estimate of drug-likeness (QED) is 0.0695. The van der Waals surface area contributed by atoms with Crippen LogP contribution in [-0.4, -0.2) is 69.6 Å². The highest BCUT2D eigenvalue weighted by Gasteiger charge is 2.50. The molecule has 0 spiro atoms. The van der Waals surface area contributed by atoms with Gasteiger partial charge in [-0.2, -0.15) is 8.75 Å². The van der Waals surface area contributed by atoms with Gasteiger partial charge in [0, 0.05) is 45.3 Å². The highest BCUT2D eigenvalue weighted by molar-refractivity contribution is 14.1. The number of nitrogens with one attached hydrogen (secondary N) is 2. The minimum Gasteiger partial charge on any atom is -0.408 e. The van der Waals surface area contributed by atoms with Crippen molar-refractivity contribution in [1.82, 2.24) is 27.8 Å². The average molecular weight is 1140 g/mol. The van der Waals surface area contributed by atoms with Crippen LogP contribution in [0.25, 0.3) is 28.3 Å². The third kappa shape index (κ3) is 12.4. The summed E-state index contributed by atoms with van der Waals surface area (Å²) in [4.78, 5) is 32.3. The second-order valence-corrected chi connectivity index (χ2v) is 22.3. The Morgan fingerprint density at radius 3 is 1.67 bits per heavy atom. The predicted octanol–water partition coefficient (Wildman–Crippen LogP) is 7.75. The molecule has 1 fully saturated rings. The number of oxazole rings is 2. The molecule has 4 aromatic heterocycles. The summed E-state index contributed by atoms with van der Waals surface area (Å²) in [6, 6.07) is 23.9. The summed E-state index contributed by atoms with van der Waals surface area (Å²) in [6.07, 6.45) is 9.33. The van der Waals surface area contributed by atoms with E-state index >= 15 is 0 Å². The van der Waals surface area contributed by atoms with E-state index in [-0.39, 0.29) is 56.1 Å². The van der Waals surface area contributed by atoms with Gasteiger partial charge in [-0.25, -0.2) is 36.4 Å². The zero-order valence-corrected chi connectivity index (χ0v) is 43.7. The highest BCUT2D eigenvalue weighted by Crippen LogP contribution is 2.37. The zero-order valence-electron chi connectivity index (χ0n) is 38.3. The van der Waals surface area contributed by atoms with Crippen LogP contribution in [0, 0.1) is 3.57 Å². The number of nitrogens with zero attached hydrogens (tertiary/aromatic N) is 6. The number of nitrogens with two attached hydrogens (primary N) is 1. The lowest BCUT2D eigenvalue weighted by molar-refractivity contribution is 0.00578. The van der Waals surface area contributed by atoms with Gasteiger partial charge >= 0.3 is 18.6 Å². The third-order valence-electron chi connectivity index (χ3n) is 11.0. The van der Waals surface area contributed by atoms with Crippen LogP contribution in [0.3, 0.4) is 0 Å². The molecule has 366 valence electrons. The molecule has 0 unspecified atom stereocenters. The van der Waals surface area contributed by atoms with Crippen LogP contribution >= 0.6 is 45.7 Å². The van der Waals surface area contributed by atoms with E-state index < -0.39 is 31.6 Å². The van der Waals surface area contributed by atoms with Crippen LogP contribution in [-0.2, 0) is 42.4 Å². The van der Waals surface area contributed by atoms with E-state index in [2.05, 4.69) is 91.4 Å². The monoisotopic (exact) mass is 1140 g/mol. The van der Waals surface area contributed by atoms with Gasteiger partial charge < -0.3 is 23.9 Å². The Morgan fingerprint density at radius 2 is 1.20 bits per heavy atom. The summed E-state index contributed by atoms with van der Waals surface area (Å²) < 4.78 is 88.3. The van der Waals surface area contributed by atoms with Crippen LogP contribution in [0.2, 0.25) is 0 Å². The van der Waals surface area contributed by atoms with Crippen LogP contribution in [0.4, 0.5) is 10.3 Å². The first-order valence-corrected chi connectivity index (χ1v) is 27.0. The molecule has 0 amide bonds. The maximum atomic E-state index is 12.6. The summed E-state index contributed by atoms with van der Waals surface area (Å²) in [5.74, 6) is 0.863. The van der Waals surface area contributed by atoms with Crippen molar-refractivity contribution in [2.45, 2.75) is 75.1 Å². The largest absolute Gasteiger partial charge is 0.486 e. The van der Waals surface area contributed by atoms with Crippen LogP contribution in [0.1, 0.15) is 57.7 Å². The Labute approximate surface area is 425 Å². The molecule has 0 atom stereocenters. The first-order chi connectivity index (χ1) is 33.3. The number of fused-ring (bicyclic) bond motifs is 2. The number of aromatic nitrogens is 6. The van der Waals surface area contributed by atoms with E-state index in [1.807, 2.05) is 66.7 Å². The van der Waals surface area contributed by atoms with Crippen molar-refractivity contribution < 1.29 is 35.0 Å². The van der Waals surface area contributed by atoms with Gasteiger partial charge in [0.15, 0.2) is 11.2 Å². The predicted molar refractivity (Wildman–Crippen MR) is 280 cm³/mol. The Morgan fingerprint density at radius 1 is 0.714 bits per heavy atom. The molecule has 0 bridgehead atoms. The van der Waals surface area contributed by atoms with Gasteiger partial charge in [-0.15, -0.1) is 0 Å². The fourth-order valence-corrected chi connectivity index (χ4v) is 10.6. The van der Waals surface area contributed by atoms with Gasteiger partial charge in [-0.1, -0.05) is 73.6 Å². The second kappa shape index (κ2) is 22.1. The van der Waals surface area contributed by atoms with E-state index in [1.54, 1.807) is 12.1 Å². The minimum atomic E-state index is -3.89. The summed E-state index contributed by atoms with van der Waals surface area (Å²) in [6.45, 7) is 11.4. The highest BCUT2D eigenvalue weighted by atomic mass is 127. The zero-order chi connectivity index (χ0) is 50.3. The fourth-order valence-electron chi connectivity index (χ4n) is 6.73. The average Bonchev–Trinajstić information content (AvgIpc) is 4.16. The van der Waals surface area contributed by atoms with Crippen LogP contribution in [0.5, 0.6) is 0 Å². The number of hydrogen-bond donors (Lipinski definition) is 3. The van der Waals surface area contributed by atoms with Gasteiger partial charge in [0.2, 0.25) is 10.3 Å². The summed E-state index contributed by atoms with van der Waals surface area (Å²) in [5, 5.41) is 0.309. The second-order valence-electron chi connectivity index (χ2n) is 16.3. The van der Waals surface area contributed by atoms with Gasteiger partial charge in [0.25, 0.3) is 20.0 Å². The topological polar surface area (TPSA) is 259 Å². The molecule has 1 aliphatic rings. The molecule has 9 rings (SSSR count). The standard InChI is InChI=1S/C19H17N5O4S2.C16H11IN4O4S2.C10H19BO2/c20-9-3-6-13-4-1-2-5-14(13)11-24-16-8-7-15(10-17(16)28-19(24)25)30(26,27)23-18-21-12-22-29-18;17-12-4-2-1-3-10(12)8-21-13-6-5-11(7-14(13)25-16(21)22)27(23,24)20-15-18-9-19-26-15;1-6-7-8-11-12-9(2,3)10(4,5)13-11/h1-8,10,12H,9,11,20H2,(H,21,22,23);1-7,9H,8H2,(H,18,19,20);7-8H,6H2,1-5H3/b6-3+;;8-7+. The number of rotatable bonds is 14. The Hall–Kier alpha value is -5.81. The molecule has 4 aromatic carbocycles. The Kier molecular flexibility index (Phi) is 16.4. The van der Waals surface area contributed by atoms with E-state index in [4.69, 9.17) is 23.9 Å². The van der Waals surface area contributed by atoms with E-state index in [1.165, 1.54) is 46.1 Å². The van der Waals surface area contributed by atoms with E-state index in [0.29, 0.717) is 24.1 Å². The maximum Gasteiger partial charge on any atom is 0.486 e. The molecule has 5 heterocycles. The van der Waals surface area contributed by atoms with E-state index in [0.717, 1.165) is 49.7 Å². The molecule has 1 saturated heterocycles. The van der Waals surface area contributed by atoms with Crippen molar-refractivity contribution in [2.75, 3.05) is 16.0 Å². The molecule has 8 aromatic rings. The molecule has 19 nitrogen and oxygen atoms in total. The van der Waals surface area contributed by atoms with Crippen molar-refractivity contribution in [1.29, 1.82) is 0 Å².